The zero-order valence-corrected chi connectivity index (χ0v) is 13.7. The first-order valence-corrected chi connectivity index (χ1v) is 8.53. The molecule has 2 rings (SSSR count). The van der Waals surface area contributed by atoms with Gasteiger partial charge in [-0.3, -0.25) is 4.98 Å². The van der Waals surface area contributed by atoms with Crippen LogP contribution in [0.1, 0.15) is 27.2 Å². The zero-order chi connectivity index (χ0) is 17.0. The Labute approximate surface area is 135 Å². The van der Waals surface area contributed by atoms with E-state index in [2.05, 4.69) is 9.71 Å². The first kappa shape index (κ1) is 17.1. The highest BCUT2D eigenvalue weighted by Crippen LogP contribution is 2.21. The number of carboxylic acid groups (broad SMARTS) is 1. The Morgan fingerprint density at radius 3 is 2.61 bits per heavy atom. The predicted molar refractivity (Wildman–Crippen MR) is 86.0 cm³/mol. The lowest BCUT2D eigenvalue weighted by molar-refractivity contribution is 0.0696. The molecule has 0 spiro atoms. The zero-order valence-electron chi connectivity index (χ0n) is 12.9. The van der Waals surface area contributed by atoms with Crippen LogP contribution in [0, 0.1) is 13.8 Å². The van der Waals surface area contributed by atoms with Gasteiger partial charge in [-0.1, -0.05) is 6.07 Å². The third-order valence-corrected chi connectivity index (χ3v) is 5.14. The average molecular weight is 334 g/mol. The molecule has 0 radical (unpaired) electrons. The van der Waals surface area contributed by atoms with Gasteiger partial charge in [0, 0.05) is 24.9 Å². The van der Waals surface area contributed by atoms with E-state index in [1.807, 2.05) is 12.1 Å². The molecule has 0 saturated heterocycles. The number of carbonyl (C=O) groups is 1. The summed E-state index contributed by atoms with van der Waals surface area (Å²) in [6, 6.07) is 8.09. The highest BCUT2D eigenvalue weighted by atomic mass is 32.2. The fourth-order valence-corrected chi connectivity index (χ4v) is 3.54. The smallest absolute Gasteiger partial charge is 0.335 e. The van der Waals surface area contributed by atoms with Crippen molar-refractivity contribution in [2.75, 3.05) is 6.54 Å². The van der Waals surface area contributed by atoms with Crippen molar-refractivity contribution in [3.05, 3.63) is 58.9 Å². The number of nitrogens with one attached hydrogen (secondary N) is 1. The lowest BCUT2D eigenvalue weighted by atomic mass is 10.1. The molecule has 0 saturated carbocycles. The van der Waals surface area contributed by atoms with Gasteiger partial charge in [-0.15, -0.1) is 0 Å². The number of carboxylic acids is 1. The number of sulfonamides is 1. The van der Waals surface area contributed by atoms with E-state index in [1.54, 1.807) is 26.1 Å². The van der Waals surface area contributed by atoms with Crippen LogP contribution in [0.15, 0.2) is 41.4 Å². The highest BCUT2D eigenvalue weighted by Gasteiger charge is 2.20. The van der Waals surface area contributed by atoms with Crippen LogP contribution in [0.25, 0.3) is 0 Å². The van der Waals surface area contributed by atoms with Gasteiger partial charge in [0.1, 0.15) is 0 Å². The van der Waals surface area contributed by atoms with Crippen LogP contribution in [-0.4, -0.2) is 31.0 Å². The summed E-state index contributed by atoms with van der Waals surface area (Å²) in [5.74, 6) is -1.15. The number of aromatic carboxylic acids is 1. The van der Waals surface area contributed by atoms with E-state index in [9.17, 15) is 13.2 Å². The summed E-state index contributed by atoms with van der Waals surface area (Å²) in [7, 11) is -3.78. The monoisotopic (exact) mass is 334 g/mol. The van der Waals surface area contributed by atoms with Crippen LogP contribution >= 0.6 is 0 Å². The molecule has 0 unspecified atom stereocenters. The van der Waals surface area contributed by atoms with Crippen molar-refractivity contribution in [1.29, 1.82) is 0 Å². The molecule has 1 heterocycles. The molecule has 122 valence electrons. The fourth-order valence-electron chi connectivity index (χ4n) is 2.17. The van der Waals surface area contributed by atoms with Crippen molar-refractivity contribution in [1.82, 2.24) is 9.71 Å². The van der Waals surface area contributed by atoms with Gasteiger partial charge in [-0.2, -0.15) is 0 Å². The summed E-state index contributed by atoms with van der Waals surface area (Å²) in [6.45, 7) is 3.54. The van der Waals surface area contributed by atoms with Gasteiger partial charge in [-0.25, -0.2) is 17.9 Å². The van der Waals surface area contributed by atoms with E-state index in [0.29, 0.717) is 17.5 Å². The molecule has 2 aromatic rings. The van der Waals surface area contributed by atoms with Gasteiger partial charge >= 0.3 is 5.97 Å². The first-order valence-electron chi connectivity index (χ1n) is 7.05. The number of aromatic nitrogens is 1. The van der Waals surface area contributed by atoms with Crippen LogP contribution in [0.3, 0.4) is 0 Å². The molecule has 0 atom stereocenters. The van der Waals surface area contributed by atoms with E-state index < -0.39 is 16.0 Å². The van der Waals surface area contributed by atoms with Crippen LogP contribution in [0.2, 0.25) is 0 Å². The molecule has 0 aliphatic carbocycles. The minimum absolute atomic E-state index is 0.00378. The molecular weight excluding hydrogens is 316 g/mol. The number of aryl methyl sites for hydroxylation is 1. The van der Waals surface area contributed by atoms with Crippen LogP contribution in [-0.2, 0) is 16.4 Å². The lowest BCUT2D eigenvalue weighted by Gasteiger charge is -2.12. The summed E-state index contributed by atoms with van der Waals surface area (Å²) in [4.78, 5) is 15.2. The van der Waals surface area contributed by atoms with E-state index in [4.69, 9.17) is 5.11 Å². The molecule has 0 bridgehead atoms. The number of nitrogens with zero attached hydrogens (tertiary/aromatic N) is 1. The summed E-state index contributed by atoms with van der Waals surface area (Å²) in [5, 5.41) is 9.09. The first-order chi connectivity index (χ1) is 10.8. The van der Waals surface area contributed by atoms with Crippen molar-refractivity contribution in [3.8, 4) is 0 Å². The standard InChI is InChI=1S/C16H18N2O4S/c1-11-9-13(16(19)20)10-15(12(11)2)23(21,22)18-8-6-14-5-3-4-7-17-14/h3-5,7,9-10,18H,6,8H2,1-2H3,(H,19,20). The van der Waals surface area contributed by atoms with Gasteiger partial charge in [0.15, 0.2) is 0 Å². The third kappa shape index (κ3) is 4.14. The number of benzene rings is 1. The summed E-state index contributed by atoms with van der Waals surface area (Å²) in [6.07, 6.45) is 2.10. The molecule has 0 amide bonds. The maximum atomic E-state index is 12.4. The van der Waals surface area contributed by atoms with Crippen molar-refractivity contribution in [2.45, 2.75) is 25.2 Å². The second-order valence-electron chi connectivity index (χ2n) is 5.19. The highest BCUT2D eigenvalue weighted by molar-refractivity contribution is 7.89. The number of pyridine rings is 1. The van der Waals surface area contributed by atoms with Crippen molar-refractivity contribution < 1.29 is 18.3 Å². The molecule has 0 fully saturated rings. The topological polar surface area (TPSA) is 96.4 Å². The molecule has 6 nitrogen and oxygen atoms in total. The Balaban J connectivity index is 2.20. The maximum Gasteiger partial charge on any atom is 0.335 e. The number of hydrogen-bond donors (Lipinski definition) is 2. The second-order valence-corrected chi connectivity index (χ2v) is 6.93. The Morgan fingerprint density at radius 2 is 2.00 bits per heavy atom. The number of hydrogen-bond acceptors (Lipinski definition) is 4. The minimum Gasteiger partial charge on any atom is -0.478 e. The van der Waals surface area contributed by atoms with E-state index in [-0.39, 0.29) is 17.0 Å². The maximum absolute atomic E-state index is 12.4. The van der Waals surface area contributed by atoms with Crippen LogP contribution in [0.4, 0.5) is 0 Å². The Bertz CT molecular complexity index is 817. The van der Waals surface area contributed by atoms with E-state index >= 15 is 0 Å². The molecule has 23 heavy (non-hydrogen) atoms. The summed E-state index contributed by atoms with van der Waals surface area (Å²) < 4.78 is 27.4. The molecule has 0 aliphatic rings. The second kappa shape index (κ2) is 6.89. The largest absolute Gasteiger partial charge is 0.478 e. The molecular formula is C16H18N2O4S. The summed E-state index contributed by atoms with van der Waals surface area (Å²) >= 11 is 0. The van der Waals surface area contributed by atoms with E-state index in [1.165, 1.54) is 12.1 Å². The van der Waals surface area contributed by atoms with Gasteiger partial charge in [-0.05, 0) is 49.2 Å². The fraction of sp³-hybridized carbons (Fsp3) is 0.250. The molecule has 0 aliphatic heterocycles. The van der Waals surface area contributed by atoms with Gasteiger partial charge in [0.05, 0.1) is 10.5 Å². The van der Waals surface area contributed by atoms with Crippen molar-refractivity contribution in [3.63, 3.8) is 0 Å². The molecule has 1 aromatic heterocycles. The Morgan fingerprint density at radius 1 is 1.26 bits per heavy atom. The molecule has 2 N–H and O–H groups in total. The Kier molecular flexibility index (Phi) is 5.12. The third-order valence-electron chi connectivity index (χ3n) is 3.56. The van der Waals surface area contributed by atoms with Gasteiger partial charge in [0.2, 0.25) is 10.0 Å². The van der Waals surface area contributed by atoms with Gasteiger partial charge in [0.25, 0.3) is 0 Å². The Hall–Kier alpha value is -2.25. The van der Waals surface area contributed by atoms with Crippen LogP contribution < -0.4 is 4.72 Å². The average Bonchev–Trinajstić information content (AvgIpc) is 2.50. The predicted octanol–water partition coefficient (Wildman–Crippen LogP) is 1.92. The van der Waals surface area contributed by atoms with Gasteiger partial charge < -0.3 is 5.11 Å². The minimum atomic E-state index is -3.78. The summed E-state index contributed by atoms with van der Waals surface area (Å²) in [5.41, 5.74) is 1.90. The van der Waals surface area contributed by atoms with Crippen LogP contribution in [0.5, 0.6) is 0 Å². The quantitative estimate of drug-likeness (QED) is 0.841. The van der Waals surface area contributed by atoms with Crippen molar-refractivity contribution in [2.24, 2.45) is 0 Å². The van der Waals surface area contributed by atoms with Crippen molar-refractivity contribution >= 4 is 16.0 Å². The number of rotatable bonds is 6. The molecule has 1 aromatic carbocycles. The molecule has 7 heteroatoms. The SMILES string of the molecule is Cc1cc(C(=O)O)cc(S(=O)(=O)NCCc2ccccn2)c1C. The normalized spacial score (nSPS) is 11.4. The lowest BCUT2D eigenvalue weighted by Crippen LogP contribution is -2.27. The van der Waals surface area contributed by atoms with E-state index in [0.717, 1.165) is 5.69 Å².